The van der Waals surface area contributed by atoms with Gasteiger partial charge in [0.15, 0.2) is 0 Å². The van der Waals surface area contributed by atoms with Crippen LogP contribution >= 0.6 is 0 Å². The van der Waals surface area contributed by atoms with Crippen molar-refractivity contribution in [2.75, 3.05) is 112 Å². The van der Waals surface area contributed by atoms with E-state index in [1.54, 1.807) is 6.07 Å². The second kappa shape index (κ2) is 23.7. The SMILES string of the molecule is C[C@@H]1OC[C@@]2(Cc3nc(OC[C@@]45CCCN4C[C@H](F)C5)nc(N4CCCOCC4)c3CO2)c2cc(NC(=O)OC(C)(C)C)ccc21.C[C@@H]1OC[C@@]2(Cc3nc(S(C)(=O)=O)nc(N4CCCOCC4)c3CO2)c2cc(N(C(=O)O)C(C)(C)C)ccc21. The third-order valence-electron chi connectivity index (χ3n) is 17.4. The molecule has 10 heterocycles. The predicted molar refractivity (Wildman–Crippen MR) is 313 cm³/mol. The number of ether oxygens (including phenoxy) is 8. The van der Waals surface area contributed by atoms with E-state index in [0.717, 1.165) is 89.9 Å². The number of rotatable bonds is 8. The van der Waals surface area contributed by atoms with Gasteiger partial charge in [0.05, 0.1) is 68.8 Å². The van der Waals surface area contributed by atoms with Crippen molar-refractivity contribution in [3.63, 3.8) is 0 Å². The van der Waals surface area contributed by atoms with E-state index in [-0.39, 0.29) is 42.5 Å². The average Bonchev–Trinajstić information content (AvgIpc) is 1.51. The number of carboxylic acid groups (broad SMARTS) is 1. The van der Waals surface area contributed by atoms with Gasteiger partial charge in [-0.15, -0.1) is 0 Å². The summed E-state index contributed by atoms with van der Waals surface area (Å²) in [6.45, 7) is 23.0. The molecule has 2 aromatic carbocycles. The van der Waals surface area contributed by atoms with Crippen LogP contribution in [0.1, 0.15) is 144 Å². The van der Waals surface area contributed by atoms with Crippen LogP contribution in [0.25, 0.3) is 0 Å². The summed E-state index contributed by atoms with van der Waals surface area (Å²) >= 11 is 0. The first-order valence-corrected chi connectivity index (χ1v) is 31.7. The highest BCUT2D eigenvalue weighted by Gasteiger charge is 2.51. The van der Waals surface area contributed by atoms with Gasteiger partial charge in [-0.25, -0.2) is 32.4 Å². The topological polar surface area (TPSA) is 239 Å². The molecular formula is C61H82FN9O13S. The number of aromatic nitrogens is 4. The molecule has 0 aliphatic carbocycles. The van der Waals surface area contributed by atoms with E-state index in [9.17, 15) is 27.5 Å². The van der Waals surface area contributed by atoms with Gasteiger partial charge in [-0.05, 0) is 134 Å². The summed E-state index contributed by atoms with van der Waals surface area (Å²) in [5, 5.41) is 12.7. The predicted octanol–water partition coefficient (Wildman–Crippen LogP) is 8.51. The van der Waals surface area contributed by atoms with Crippen LogP contribution in [0.5, 0.6) is 6.01 Å². The van der Waals surface area contributed by atoms with E-state index in [1.165, 1.54) is 4.90 Å². The smallest absolute Gasteiger partial charge is 0.412 e. The monoisotopic (exact) mass is 1200 g/mol. The number of alkyl halides is 1. The van der Waals surface area contributed by atoms with E-state index < -0.39 is 50.5 Å². The lowest BCUT2D eigenvalue weighted by Crippen LogP contribution is -2.47. The number of amides is 2. The molecule has 2 spiro atoms. The van der Waals surface area contributed by atoms with Gasteiger partial charge in [-0.2, -0.15) is 9.97 Å². The Balaban J connectivity index is 0.000000180. The molecule has 0 bridgehead atoms. The second-order valence-electron chi connectivity index (χ2n) is 25.9. The van der Waals surface area contributed by atoms with Gasteiger partial charge in [0.1, 0.15) is 41.2 Å². The van der Waals surface area contributed by atoms with Crippen LogP contribution < -0.4 is 24.8 Å². The number of hydrogen-bond donors (Lipinski definition) is 2. The molecule has 8 aliphatic rings. The Morgan fingerprint density at radius 2 is 1.36 bits per heavy atom. The van der Waals surface area contributed by atoms with E-state index in [0.29, 0.717) is 114 Å². The first-order chi connectivity index (χ1) is 40.3. The van der Waals surface area contributed by atoms with Crippen LogP contribution in [-0.2, 0) is 80.3 Å². The molecule has 4 saturated heterocycles. The maximum Gasteiger partial charge on any atom is 0.412 e. The van der Waals surface area contributed by atoms with Crippen molar-refractivity contribution in [3.8, 4) is 6.01 Å². The molecule has 6 atom stereocenters. The molecule has 0 unspecified atom stereocenters. The number of fused-ring (bicyclic) bond motifs is 7. The zero-order chi connectivity index (χ0) is 60.3. The van der Waals surface area contributed by atoms with Crippen molar-refractivity contribution in [1.82, 2.24) is 24.8 Å². The fourth-order valence-electron chi connectivity index (χ4n) is 13.4. The maximum atomic E-state index is 14.5. The number of nitrogens with zero attached hydrogens (tertiary/aromatic N) is 8. The van der Waals surface area contributed by atoms with Crippen molar-refractivity contribution in [2.24, 2.45) is 0 Å². The zero-order valence-electron chi connectivity index (χ0n) is 50.5. The molecule has 2 amide bonds. The van der Waals surface area contributed by atoms with Gasteiger partial charge < -0.3 is 52.8 Å². The molecule has 85 heavy (non-hydrogen) atoms. The Bertz CT molecular complexity index is 3280. The van der Waals surface area contributed by atoms with E-state index >= 15 is 0 Å². The molecule has 0 saturated carbocycles. The molecule has 8 aliphatic heterocycles. The largest absolute Gasteiger partial charge is 0.465 e. The Morgan fingerprint density at radius 1 is 0.776 bits per heavy atom. The van der Waals surface area contributed by atoms with Gasteiger partial charge in [-0.1, -0.05) is 12.1 Å². The van der Waals surface area contributed by atoms with Gasteiger partial charge in [0.2, 0.25) is 15.0 Å². The van der Waals surface area contributed by atoms with E-state index in [4.69, 9.17) is 47.9 Å². The molecule has 2 aromatic heterocycles. The lowest BCUT2D eigenvalue weighted by atomic mass is 9.80. The molecule has 0 radical (unpaired) electrons. The van der Waals surface area contributed by atoms with Gasteiger partial charge in [0, 0.05) is 99.5 Å². The van der Waals surface area contributed by atoms with Crippen molar-refractivity contribution in [1.29, 1.82) is 0 Å². The highest BCUT2D eigenvalue weighted by molar-refractivity contribution is 7.90. The average molecular weight is 1200 g/mol. The molecule has 4 fully saturated rings. The number of anilines is 4. The number of nitrogens with one attached hydrogen (secondary N) is 1. The number of halogens is 1. The second-order valence-corrected chi connectivity index (χ2v) is 27.8. The fraction of sp³-hybridized carbons (Fsp3) is 0.639. The summed E-state index contributed by atoms with van der Waals surface area (Å²) in [4.78, 5) is 51.7. The third kappa shape index (κ3) is 12.7. The van der Waals surface area contributed by atoms with Crippen LogP contribution in [0.2, 0.25) is 0 Å². The van der Waals surface area contributed by atoms with E-state index in [2.05, 4.69) is 25.1 Å². The first-order valence-electron chi connectivity index (χ1n) is 29.8. The van der Waals surface area contributed by atoms with E-state index in [1.807, 2.05) is 90.6 Å². The number of sulfone groups is 1. The summed E-state index contributed by atoms with van der Waals surface area (Å²) in [5.41, 5.74) is 4.59. The van der Waals surface area contributed by atoms with Gasteiger partial charge >= 0.3 is 18.2 Å². The highest BCUT2D eigenvalue weighted by atomic mass is 32.2. The van der Waals surface area contributed by atoms with Crippen LogP contribution in [0.3, 0.4) is 0 Å². The van der Waals surface area contributed by atoms with Crippen LogP contribution in [0.4, 0.5) is 37.0 Å². The highest BCUT2D eigenvalue weighted by Crippen LogP contribution is 2.49. The van der Waals surface area contributed by atoms with Crippen LogP contribution in [0, 0.1) is 0 Å². The van der Waals surface area contributed by atoms with Crippen molar-refractivity contribution in [2.45, 2.75) is 165 Å². The van der Waals surface area contributed by atoms with Crippen LogP contribution in [-0.4, -0.2) is 165 Å². The standard InChI is InChI=1S/C34H46FN5O6.C27H36N4O7S/c1-22-25-8-7-24(36-31(41)46-32(2,3)4)15-27(25)34(21-43-22)17-28-26(19-45-34)29(39-10-6-13-42-14-12-39)38-30(37-28)44-20-33-9-5-11-40(33)18-23(35)16-33;1-17-19-8-7-18(31(25(32)33)26(2,3)4)13-21(19)27(16-37-17)14-22-20(15-38-27)23(29-24(28-22)39(5,34)35)30-9-6-11-36-12-10-30/h7-8,15,22-23H,5-6,9-14,16-21H2,1-4H3,(H,36,41);7-8,13,17H,6,9-12,14-16H2,1-5H3,(H,32,33)/t22-,23+,33-,34-;17-,27-/m00/s1. The quantitative estimate of drug-likeness (QED) is 0.157. The maximum absolute atomic E-state index is 14.5. The minimum Gasteiger partial charge on any atom is -0.465 e. The summed E-state index contributed by atoms with van der Waals surface area (Å²) in [5.74, 6) is 1.37. The Morgan fingerprint density at radius 3 is 1.95 bits per heavy atom. The van der Waals surface area contributed by atoms with Gasteiger partial charge in [-0.3, -0.25) is 15.1 Å². The first kappa shape index (κ1) is 60.8. The normalized spacial score (nSPS) is 26.8. The summed E-state index contributed by atoms with van der Waals surface area (Å²) in [7, 11) is -3.69. The minimum atomic E-state index is -3.69. The lowest BCUT2D eigenvalue weighted by Gasteiger charge is -2.44. The fourth-order valence-corrected chi connectivity index (χ4v) is 13.9. The molecule has 462 valence electrons. The lowest BCUT2D eigenvalue weighted by molar-refractivity contribution is -0.148. The Labute approximate surface area is 497 Å². The number of carbonyl (C=O) groups is 2. The molecule has 24 heteroatoms. The van der Waals surface area contributed by atoms with Gasteiger partial charge in [0.25, 0.3) is 0 Å². The summed E-state index contributed by atoms with van der Waals surface area (Å²) in [6, 6.07) is 11.7. The van der Waals surface area contributed by atoms with Crippen molar-refractivity contribution < 1.29 is 65.4 Å². The molecule has 12 rings (SSSR count). The summed E-state index contributed by atoms with van der Waals surface area (Å²) < 4.78 is 88.8. The molecule has 22 nitrogen and oxygen atoms in total. The van der Waals surface area contributed by atoms with Crippen molar-refractivity contribution in [3.05, 3.63) is 81.2 Å². The molecule has 2 N–H and O–H groups in total. The number of hydrogen-bond acceptors (Lipinski definition) is 19. The number of carbonyl (C=O) groups excluding carboxylic acids is 1. The molecule has 4 aromatic rings. The third-order valence-corrected chi connectivity index (χ3v) is 18.3. The Kier molecular flexibility index (Phi) is 16.9. The van der Waals surface area contributed by atoms with Crippen LogP contribution in [0.15, 0.2) is 41.6 Å². The number of benzene rings is 2. The Hall–Kier alpha value is -5.86. The zero-order valence-corrected chi connectivity index (χ0v) is 51.3. The van der Waals surface area contributed by atoms with Crippen molar-refractivity contribution >= 4 is 45.0 Å². The minimum absolute atomic E-state index is 0.141. The summed E-state index contributed by atoms with van der Waals surface area (Å²) in [6.07, 6.45) is 3.18. The molecular weight excluding hydrogens is 1120 g/mol.